The number of rotatable bonds is 12. The Labute approximate surface area is 937 Å². The first kappa shape index (κ1) is 101. The Kier molecular flexibility index (Phi) is 43.3. The second-order valence-corrected chi connectivity index (χ2v) is 30.2. The molecule has 0 fully saturated rings. The number of hydrogen-bond donors (Lipinski definition) is 0. The van der Waals surface area contributed by atoms with E-state index in [0.717, 1.165) is 106 Å². The van der Waals surface area contributed by atoms with Gasteiger partial charge in [0.15, 0.2) is 0 Å². The van der Waals surface area contributed by atoms with Crippen molar-refractivity contribution < 1.29 is 158 Å². The van der Waals surface area contributed by atoms with Crippen molar-refractivity contribution in [2.45, 2.75) is 34.5 Å². The van der Waals surface area contributed by atoms with Gasteiger partial charge in [-0.15, -0.1) is 161 Å². The summed E-state index contributed by atoms with van der Waals surface area (Å²) in [5, 5.41) is 4.79. The van der Waals surface area contributed by atoms with Crippen molar-refractivity contribution in [3.05, 3.63) is 575 Å². The van der Waals surface area contributed by atoms with Gasteiger partial charge in [0.1, 0.15) is 0 Å². The summed E-state index contributed by atoms with van der Waals surface area (Å²) in [6, 6.07) is 186. The SMILES string of the molecule is Cc1ccc(-c2[c-]c(-c3ccccn3)[c-]cc2)[c-]n1.Cc1ccc(-c2ccnc(-c3[c-]ccc4ccccc34)c2)cc1.Cc1ccc(-c2ccnc(-c3[c-]ccc4ccccc34)c2)cc1.[2H]C([2H])([2H])c1c[c-]c(-c2[c-]cc(C([2H])([2H])[2H])cc2)cc1.[Pt].[Pt].[Pt].[Pt].[Y].[Y].[c-]1ccc(-c2[c-]cccc2)[c-]c1-c1ccccn1.[c-]1ccccc1-c1[c-]cccc1.[c-]1ccccc1-c1[c-]cccc1.[c-]1ccccc1-c1[c-]cccc1. The van der Waals surface area contributed by atoms with E-state index < -0.39 is 13.7 Å². The zero-order valence-corrected chi connectivity index (χ0v) is 90.6. The second kappa shape index (κ2) is 59.4. The van der Waals surface area contributed by atoms with Gasteiger partial charge in [-0.3, -0.25) is 34.9 Å². The molecule has 0 spiro atoms. The number of fused-ring (bicyclic) bond motifs is 2. The van der Waals surface area contributed by atoms with Crippen molar-refractivity contribution in [3.63, 3.8) is 0 Å². The van der Waals surface area contributed by atoms with Crippen LogP contribution in [0.15, 0.2) is 449 Å². The first-order valence-corrected chi connectivity index (χ1v) is 43.2. The Balaban J connectivity index is 0.000000185. The van der Waals surface area contributed by atoms with E-state index >= 15 is 0 Å². The van der Waals surface area contributed by atoms with Crippen molar-refractivity contribution in [1.29, 1.82) is 0 Å². The molecule has 0 N–H and O–H groups in total. The number of aryl methyl sites for hydroxylation is 5. The van der Waals surface area contributed by atoms with Gasteiger partial charge in [-0.05, 0) is 77.4 Å². The molecule has 688 valence electrons. The van der Waals surface area contributed by atoms with Crippen molar-refractivity contribution in [1.82, 2.24) is 24.9 Å². The van der Waals surface area contributed by atoms with Gasteiger partial charge < -0.3 is 36.5 Å². The first-order chi connectivity index (χ1) is 68.0. The second-order valence-electron chi connectivity index (χ2n) is 30.2. The summed E-state index contributed by atoms with van der Waals surface area (Å²) < 4.78 is 43.7. The van der Waals surface area contributed by atoms with Gasteiger partial charge >= 0.3 is 0 Å². The van der Waals surface area contributed by atoms with Crippen LogP contribution in [-0.2, 0) is 150 Å². The number of pyridine rings is 5. The molecular weight excluding hydrogens is 2570 g/mol. The van der Waals surface area contributed by atoms with E-state index in [0.29, 0.717) is 11.1 Å². The third-order valence-electron chi connectivity index (χ3n) is 20.7. The molecule has 0 unspecified atom stereocenters. The largest absolute Gasteiger partial charge is 0.373 e. The average molecular weight is 2660 g/mol. The van der Waals surface area contributed by atoms with Crippen molar-refractivity contribution in [2.75, 3.05) is 0 Å². The normalized spacial score (nSPS) is 10.7. The molecule has 5 heterocycles. The van der Waals surface area contributed by atoms with Crippen LogP contribution in [0.3, 0.4) is 0 Å². The molecule has 22 rings (SSSR count). The third-order valence-corrected chi connectivity index (χ3v) is 20.7. The van der Waals surface area contributed by atoms with E-state index in [1.807, 2.05) is 274 Å². The van der Waals surface area contributed by atoms with E-state index in [9.17, 15) is 0 Å². The molecular formula is C128H89N5Pt4Y2-16. The molecule has 139 heavy (non-hydrogen) atoms. The minimum Gasteiger partial charge on any atom is -0.373 e. The van der Waals surface area contributed by atoms with E-state index in [4.69, 9.17) is 8.22 Å². The van der Waals surface area contributed by atoms with Gasteiger partial charge in [0.2, 0.25) is 0 Å². The summed E-state index contributed by atoms with van der Waals surface area (Å²) in [4.78, 5) is 22.0. The minimum atomic E-state index is -2.15. The van der Waals surface area contributed by atoms with E-state index in [1.165, 1.54) is 79.2 Å². The van der Waals surface area contributed by atoms with Crippen LogP contribution in [0.5, 0.6) is 0 Å². The standard InChI is InChI=1S/2C22H16N.C17H11N2.C17H10N.C14H12.3C12H8.4Pt.2Y/c2*1-16-9-11-17(12-10-16)19-13-14-23-22(15-19)21-8-4-6-18-5-2-3-7-20(18)21;1-13-8-9-16(12-19-13)14-5-4-6-15(11-14)17-7-2-3-10-18-17;1-2-7-14(8-3-1)15-9-6-10-16(13-15)17-11-4-5-12-18-17;1-11-3-7-13(8-4-11)14-9-5-12(2)6-10-14;3*1-3-7-11(8-4-1)12-9-5-2-6-10-12;;;;;;/h2*2-7,9-15H,1H3;2-5,7-10H,1H3;1-7,9,11-12H;3-7,9H,1-2H3;3*1-7,9H;;;;;;/q2*-1;2*-3;4*-2;;;;;;/i;;;;1D3,2D3;;;;;;;;;. The predicted octanol–water partition coefficient (Wildman–Crippen LogP) is 31.1. The number of hydrogen-bond acceptors (Lipinski definition) is 5. The van der Waals surface area contributed by atoms with Crippen molar-refractivity contribution >= 4 is 21.5 Å². The van der Waals surface area contributed by atoms with E-state index in [2.05, 4.69) is 269 Å². The van der Waals surface area contributed by atoms with Crippen LogP contribution in [0, 0.1) is 132 Å². The van der Waals surface area contributed by atoms with Crippen LogP contribution in [0.25, 0.3) is 156 Å². The van der Waals surface area contributed by atoms with Crippen molar-refractivity contribution in [2.24, 2.45) is 0 Å². The molecule has 0 bridgehead atoms. The Bertz CT molecular complexity index is 6970. The average Bonchev–Trinajstić information content (AvgIpc) is 0.799. The Morgan fingerprint density at radius 2 is 0.532 bits per heavy atom. The predicted molar refractivity (Wildman–Crippen MR) is 546 cm³/mol. The maximum atomic E-state index is 7.29. The third kappa shape index (κ3) is 33.6. The molecule has 5 aromatic heterocycles. The molecule has 17 aromatic carbocycles. The van der Waals surface area contributed by atoms with Crippen LogP contribution in [-0.4, -0.2) is 24.9 Å². The summed E-state index contributed by atoms with van der Waals surface area (Å²) >= 11 is 0. The number of benzene rings is 17. The molecule has 0 amide bonds. The molecule has 0 aliphatic heterocycles. The quantitative estimate of drug-likeness (QED) is 0.114. The summed E-state index contributed by atoms with van der Waals surface area (Å²) in [5.74, 6) is 0. The fraction of sp³-hybridized carbons (Fsp3) is 0.0391. The monoisotopic (exact) mass is 2660 g/mol. The van der Waals surface area contributed by atoms with Crippen LogP contribution < -0.4 is 0 Å². The fourth-order valence-corrected chi connectivity index (χ4v) is 13.9. The molecule has 0 aliphatic carbocycles. The molecule has 22 aromatic rings. The Hall–Kier alpha value is -12.0. The summed E-state index contributed by atoms with van der Waals surface area (Å²) in [6.45, 7) is 1.86. The number of nitrogens with zero attached hydrogens (tertiary/aromatic N) is 5. The van der Waals surface area contributed by atoms with E-state index in [1.54, 1.807) is 24.5 Å². The van der Waals surface area contributed by atoms with Gasteiger partial charge in [0, 0.05) is 183 Å². The van der Waals surface area contributed by atoms with Crippen LogP contribution >= 0.6 is 0 Å². The first-order valence-electron chi connectivity index (χ1n) is 46.2. The summed E-state index contributed by atoms with van der Waals surface area (Å²) in [7, 11) is 0. The van der Waals surface area contributed by atoms with Crippen LogP contribution in [0.2, 0.25) is 0 Å². The zero-order valence-electron chi connectivity index (χ0n) is 81.9. The molecule has 0 saturated heterocycles. The van der Waals surface area contributed by atoms with Gasteiger partial charge in [-0.1, -0.05) is 175 Å². The van der Waals surface area contributed by atoms with Crippen molar-refractivity contribution in [3.8, 4) is 134 Å². The van der Waals surface area contributed by atoms with Crippen LogP contribution in [0.4, 0.5) is 0 Å². The van der Waals surface area contributed by atoms with Crippen LogP contribution in [0.1, 0.15) is 36.2 Å². The summed E-state index contributed by atoms with van der Waals surface area (Å²) in [6.07, 6.45) is 10.3. The molecule has 2 radical (unpaired) electrons. The molecule has 0 atom stereocenters. The number of aromatic nitrogens is 5. The topological polar surface area (TPSA) is 64.5 Å². The van der Waals surface area contributed by atoms with Gasteiger partial charge in [0.25, 0.3) is 0 Å². The van der Waals surface area contributed by atoms with Gasteiger partial charge in [-0.25, -0.2) is 80.4 Å². The zero-order chi connectivity index (χ0) is 96.2. The molecule has 0 saturated carbocycles. The maximum Gasteiger partial charge on any atom is 0.0177 e. The molecule has 11 heteroatoms. The van der Waals surface area contributed by atoms with Gasteiger partial charge in [-0.2, -0.15) is 200 Å². The fourth-order valence-electron chi connectivity index (χ4n) is 13.9. The summed E-state index contributed by atoms with van der Waals surface area (Å²) in [5.41, 5.74) is 28.1. The molecule has 5 nitrogen and oxygen atoms in total. The van der Waals surface area contributed by atoms with Gasteiger partial charge in [0.05, 0.1) is 0 Å². The van der Waals surface area contributed by atoms with E-state index in [-0.39, 0.29) is 161 Å². The molecule has 0 aliphatic rings. The maximum absolute atomic E-state index is 7.29. The Morgan fingerprint density at radius 3 is 0.849 bits per heavy atom. The smallest absolute Gasteiger partial charge is 0.0177 e. The minimum absolute atomic E-state index is 0. The Morgan fingerprint density at radius 1 is 0.223 bits per heavy atom.